The summed E-state index contributed by atoms with van der Waals surface area (Å²) in [5.41, 5.74) is 2.07. The summed E-state index contributed by atoms with van der Waals surface area (Å²) >= 11 is 0. The topological polar surface area (TPSA) is 59.9 Å². The second kappa shape index (κ2) is 5.87. The first-order valence-corrected chi connectivity index (χ1v) is 2.78. The number of ether oxygens (including phenoxy) is 2. The lowest BCUT2D eigenvalue weighted by Gasteiger charge is -1.97. The van der Waals surface area contributed by atoms with E-state index in [-0.39, 0.29) is 0 Å². The average molecular weight is 146 g/mol. The zero-order chi connectivity index (χ0) is 7.82. The standard InChI is InChI=1S/C5H10N2O3/c1-3-10-5(8)7-6-4-9-2/h4H,3H2,1-2H3,(H,7,8)/b6-4+. The second-order valence-corrected chi connectivity index (χ2v) is 1.30. The van der Waals surface area contributed by atoms with E-state index in [1.807, 2.05) is 0 Å². The van der Waals surface area contributed by atoms with Gasteiger partial charge in [-0.3, -0.25) is 0 Å². The normalized spacial score (nSPS) is 9.40. The van der Waals surface area contributed by atoms with Gasteiger partial charge < -0.3 is 9.47 Å². The maximum absolute atomic E-state index is 10.4. The first-order chi connectivity index (χ1) is 4.81. The highest BCUT2D eigenvalue weighted by Crippen LogP contribution is 1.74. The lowest BCUT2D eigenvalue weighted by atomic mass is 10.9. The maximum Gasteiger partial charge on any atom is 0.427 e. The SMILES string of the molecule is CCOC(=O)N/N=C/OC. The Morgan fingerprint density at radius 2 is 2.50 bits per heavy atom. The maximum atomic E-state index is 10.4. The minimum atomic E-state index is -0.587. The summed E-state index contributed by atoms with van der Waals surface area (Å²) < 4.78 is 8.88. The lowest BCUT2D eigenvalue weighted by Crippen LogP contribution is -2.18. The highest BCUT2D eigenvalue weighted by molar-refractivity contribution is 5.67. The summed E-state index contributed by atoms with van der Waals surface area (Å²) in [5, 5.41) is 3.34. The van der Waals surface area contributed by atoms with Crippen molar-refractivity contribution >= 4 is 12.5 Å². The van der Waals surface area contributed by atoms with Crippen molar-refractivity contribution in [3.8, 4) is 0 Å². The molecule has 0 aromatic rings. The van der Waals surface area contributed by atoms with Crippen LogP contribution in [0.4, 0.5) is 4.79 Å². The Hall–Kier alpha value is -1.26. The Balaban J connectivity index is 3.30. The number of carbonyl (C=O) groups is 1. The Morgan fingerprint density at radius 1 is 1.80 bits per heavy atom. The molecular formula is C5H10N2O3. The number of amides is 1. The fourth-order valence-corrected chi connectivity index (χ4v) is 0.295. The average Bonchev–Trinajstić information content (AvgIpc) is 1.89. The molecule has 0 aromatic carbocycles. The van der Waals surface area contributed by atoms with E-state index in [1.54, 1.807) is 6.92 Å². The summed E-state index contributed by atoms with van der Waals surface area (Å²) in [7, 11) is 1.43. The molecule has 0 saturated carbocycles. The van der Waals surface area contributed by atoms with Gasteiger partial charge in [0.2, 0.25) is 0 Å². The van der Waals surface area contributed by atoms with Gasteiger partial charge in [-0.15, -0.1) is 5.10 Å². The molecule has 5 nitrogen and oxygen atoms in total. The highest BCUT2D eigenvalue weighted by Gasteiger charge is 1.93. The van der Waals surface area contributed by atoms with Gasteiger partial charge in [-0.05, 0) is 6.92 Å². The summed E-state index contributed by atoms with van der Waals surface area (Å²) in [5.74, 6) is 0. The Morgan fingerprint density at radius 3 is 3.00 bits per heavy atom. The molecule has 0 aromatic heterocycles. The number of methoxy groups -OCH3 is 1. The largest absolute Gasteiger partial charge is 0.485 e. The molecule has 0 unspecified atom stereocenters. The van der Waals surface area contributed by atoms with Crippen LogP contribution in [0.3, 0.4) is 0 Å². The molecule has 0 aliphatic heterocycles. The van der Waals surface area contributed by atoms with Gasteiger partial charge in [0.1, 0.15) is 0 Å². The van der Waals surface area contributed by atoms with Crippen molar-refractivity contribution in [3.05, 3.63) is 0 Å². The van der Waals surface area contributed by atoms with Gasteiger partial charge in [0.15, 0.2) is 6.40 Å². The van der Waals surface area contributed by atoms with Crippen molar-refractivity contribution in [1.29, 1.82) is 0 Å². The van der Waals surface area contributed by atoms with Crippen LogP contribution in [0.1, 0.15) is 6.92 Å². The molecule has 10 heavy (non-hydrogen) atoms. The third-order valence-electron chi connectivity index (χ3n) is 0.589. The van der Waals surface area contributed by atoms with Crippen LogP contribution < -0.4 is 5.43 Å². The van der Waals surface area contributed by atoms with Gasteiger partial charge in [0, 0.05) is 0 Å². The molecule has 0 bridgehead atoms. The van der Waals surface area contributed by atoms with Crippen LogP contribution in [0.5, 0.6) is 0 Å². The van der Waals surface area contributed by atoms with Crippen LogP contribution in [-0.4, -0.2) is 26.2 Å². The molecule has 0 saturated heterocycles. The van der Waals surface area contributed by atoms with E-state index in [0.29, 0.717) is 6.61 Å². The first kappa shape index (κ1) is 8.74. The summed E-state index contributed by atoms with van der Waals surface area (Å²) in [6, 6.07) is 0. The number of nitrogens with zero attached hydrogens (tertiary/aromatic N) is 1. The number of hydrogen-bond acceptors (Lipinski definition) is 4. The Kier molecular flexibility index (Phi) is 5.13. The molecule has 1 amide bonds. The monoisotopic (exact) mass is 146 g/mol. The molecule has 0 fully saturated rings. The first-order valence-electron chi connectivity index (χ1n) is 2.78. The molecule has 58 valence electrons. The van der Waals surface area contributed by atoms with Gasteiger partial charge in [-0.2, -0.15) is 0 Å². The van der Waals surface area contributed by atoms with E-state index in [1.165, 1.54) is 7.11 Å². The molecular weight excluding hydrogens is 136 g/mol. The van der Waals surface area contributed by atoms with Crippen LogP contribution in [0.15, 0.2) is 5.10 Å². The third kappa shape index (κ3) is 4.89. The van der Waals surface area contributed by atoms with Crippen molar-refractivity contribution in [2.24, 2.45) is 5.10 Å². The number of hydrogen-bond donors (Lipinski definition) is 1. The van der Waals surface area contributed by atoms with E-state index in [9.17, 15) is 4.79 Å². The van der Waals surface area contributed by atoms with E-state index >= 15 is 0 Å². The highest BCUT2D eigenvalue weighted by atomic mass is 16.6. The van der Waals surface area contributed by atoms with E-state index in [2.05, 4.69) is 20.0 Å². The fraction of sp³-hybridized carbons (Fsp3) is 0.600. The lowest BCUT2D eigenvalue weighted by molar-refractivity contribution is 0.152. The quantitative estimate of drug-likeness (QED) is 0.354. The summed E-state index contributed by atoms with van der Waals surface area (Å²) in [6.07, 6.45) is 0.507. The summed E-state index contributed by atoms with van der Waals surface area (Å²) in [6.45, 7) is 2.04. The van der Waals surface area contributed by atoms with Gasteiger partial charge >= 0.3 is 6.09 Å². The molecule has 0 radical (unpaired) electrons. The van der Waals surface area contributed by atoms with E-state index in [4.69, 9.17) is 0 Å². The van der Waals surface area contributed by atoms with Gasteiger partial charge in [0.25, 0.3) is 0 Å². The van der Waals surface area contributed by atoms with E-state index < -0.39 is 6.09 Å². The third-order valence-corrected chi connectivity index (χ3v) is 0.589. The minimum absolute atomic E-state index is 0.328. The Labute approximate surface area is 59.0 Å². The molecule has 0 aliphatic carbocycles. The molecule has 0 aliphatic rings. The molecule has 0 rings (SSSR count). The van der Waals surface area contributed by atoms with Crippen LogP contribution in [0.2, 0.25) is 0 Å². The molecule has 5 heteroatoms. The number of nitrogens with one attached hydrogen (secondary N) is 1. The van der Waals surface area contributed by atoms with Gasteiger partial charge in [-0.25, -0.2) is 10.2 Å². The number of carbonyl (C=O) groups excluding carboxylic acids is 1. The second-order valence-electron chi connectivity index (χ2n) is 1.30. The van der Waals surface area contributed by atoms with E-state index in [0.717, 1.165) is 6.40 Å². The number of rotatable bonds is 3. The number of hydrazone groups is 1. The molecule has 0 heterocycles. The molecule has 1 N–H and O–H groups in total. The van der Waals surface area contributed by atoms with Crippen molar-refractivity contribution in [2.45, 2.75) is 6.92 Å². The van der Waals surface area contributed by atoms with Crippen LogP contribution in [-0.2, 0) is 9.47 Å². The van der Waals surface area contributed by atoms with Gasteiger partial charge in [0.05, 0.1) is 13.7 Å². The fourth-order valence-electron chi connectivity index (χ4n) is 0.295. The minimum Gasteiger partial charge on any atom is -0.485 e. The van der Waals surface area contributed by atoms with Crippen molar-refractivity contribution < 1.29 is 14.3 Å². The van der Waals surface area contributed by atoms with Gasteiger partial charge in [-0.1, -0.05) is 0 Å². The zero-order valence-electron chi connectivity index (χ0n) is 5.96. The smallest absolute Gasteiger partial charge is 0.427 e. The van der Waals surface area contributed by atoms with Crippen LogP contribution in [0, 0.1) is 0 Å². The predicted molar refractivity (Wildman–Crippen MR) is 35.7 cm³/mol. The Bertz CT molecular complexity index is 124. The van der Waals surface area contributed by atoms with Crippen molar-refractivity contribution in [3.63, 3.8) is 0 Å². The molecule has 0 atom stereocenters. The zero-order valence-corrected chi connectivity index (χ0v) is 5.96. The van der Waals surface area contributed by atoms with Crippen molar-refractivity contribution in [1.82, 2.24) is 5.43 Å². The van der Waals surface area contributed by atoms with Crippen LogP contribution >= 0.6 is 0 Å². The van der Waals surface area contributed by atoms with Crippen molar-refractivity contribution in [2.75, 3.05) is 13.7 Å². The summed E-state index contributed by atoms with van der Waals surface area (Å²) in [4.78, 5) is 10.4. The molecule has 0 spiro atoms. The predicted octanol–water partition coefficient (Wildman–Crippen LogP) is 0.322. The van der Waals surface area contributed by atoms with Crippen LogP contribution in [0.25, 0.3) is 0 Å².